The van der Waals surface area contributed by atoms with E-state index in [2.05, 4.69) is 10.6 Å². The lowest BCUT2D eigenvalue weighted by molar-refractivity contribution is -0.130. The minimum Gasteiger partial charge on any atom is -0.497 e. The zero-order valence-corrected chi connectivity index (χ0v) is 26.0. The van der Waals surface area contributed by atoms with Crippen LogP contribution < -0.4 is 21.1 Å². The van der Waals surface area contributed by atoms with Crippen LogP contribution in [0.3, 0.4) is 0 Å². The van der Waals surface area contributed by atoms with Gasteiger partial charge in [0.15, 0.2) is 0 Å². The molecule has 3 amide bonds. The van der Waals surface area contributed by atoms with Gasteiger partial charge in [-0.1, -0.05) is 44.2 Å². The van der Waals surface area contributed by atoms with E-state index in [-0.39, 0.29) is 37.6 Å². The second kappa shape index (κ2) is 17.8. The Hall–Kier alpha value is -4.15. The van der Waals surface area contributed by atoms with E-state index in [1.807, 2.05) is 49.1 Å². The van der Waals surface area contributed by atoms with Gasteiger partial charge < -0.3 is 35.5 Å². The molecule has 0 aliphatic carbocycles. The van der Waals surface area contributed by atoms with Crippen molar-refractivity contribution in [2.45, 2.75) is 71.1 Å². The van der Waals surface area contributed by atoms with Crippen molar-refractivity contribution in [3.05, 3.63) is 88.9 Å². The minimum absolute atomic E-state index is 0.00470. The van der Waals surface area contributed by atoms with Crippen LogP contribution in [-0.2, 0) is 46.6 Å². The third-order valence-electron chi connectivity index (χ3n) is 7.21. The second-order valence-corrected chi connectivity index (χ2v) is 11.1. The molecular weight excluding hydrogens is 560 g/mol. The van der Waals surface area contributed by atoms with Crippen LogP contribution in [0.25, 0.3) is 0 Å². The average Bonchev–Trinajstić information content (AvgIpc) is 3.49. The molecule has 0 spiro atoms. The highest BCUT2D eigenvalue weighted by atomic mass is 16.5. The Labute approximate surface area is 260 Å². The lowest BCUT2D eigenvalue weighted by Gasteiger charge is -2.24. The van der Waals surface area contributed by atoms with Gasteiger partial charge in [0.25, 0.3) is 0 Å². The number of nitrogens with zero attached hydrogens (tertiary/aromatic N) is 1. The van der Waals surface area contributed by atoms with E-state index in [9.17, 15) is 19.5 Å². The number of aliphatic hydroxyl groups excluding tert-OH is 1. The number of primary amides is 1. The van der Waals surface area contributed by atoms with Gasteiger partial charge >= 0.3 is 0 Å². The van der Waals surface area contributed by atoms with Crippen LogP contribution >= 0.6 is 0 Å². The Balaban J connectivity index is 1.71. The molecule has 10 heteroatoms. The van der Waals surface area contributed by atoms with Gasteiger partial charge in [0.2, 0.25) is 17.7 Å². The molecule has 0 bridgehead atoms. The Morgan fingerprint density at radius 1 is 0.932 bits per heavy atom. The molecule has 0 fully saturated rings. The summed E-state index contributed by atoms with van der Waals surface area (Å²) >= 11 is 0. The fraction of sp³-hybridized carbons (Fsp3) is 0.441. The molecule has 2 aromatic carbocycles. The van der Waals surface area contributed by atoms with Crippen LogP contribution in [-0.4, -0.2) is 66.6 Å². The quantitative estimate of drug-likeness (QED) is 0.164. The van der Waals surface area contributed by atoms with E-state index in [4.69, 9.17) is 14.9 Å². The number of amides is 3. The molecule has 2 atom stereocenters. The van der Waals surface area contributed by atoms with Gasteiger partial charge in [-0.05, 0) is 65.3 Å². The maximum Gasteiger partial charge on any atom is 0.226 e. The van der Waals surface area contributed by atoms with Crippen molar-refractivity contribution < 1.29 is 28.6 Å². The number of methoxy groups -OCH3 is 1. The zero-order valence-electron chi connectivity index (χ0n) is 26.0. The standard InChI is InChI=1S/C34H46N4O6/c1-4-10-38(11-5-2)34(42)20-28-14-26(18-32(35)40)13-27(15-28)19-33(41)37-30(17-25-9-12-44-23-25)31(39)22-36-21-24-7-6-8-29(16-24)43-3/h6-9,12-16,23,30-31,36,39H,4-5,10-11,17-22H2,1-3H3,(H2,35,40)(H,37,41)/t30-,31+/m0/s1. The number of hydrogen-bond donors (Lipinski definition) is 4. The Bertz CT molecular complexity index is 1340. The lowest BCUT2D eigenvalue weighted by atomic mass is 9.98. The molecule has 0 saturated carbocycles. The van der Waals surface area contributed by atoms with Crippen LogP contribution in [0.2, 0.25) is 0 Å². The molecule has 0 unspecified atom stereocenters. The highest BCUT2D eigenvalue weighted by Gasteiger charge is 2.23. The molecule has 5 N–H and O–H groups in total. The molecular formula is C34H46N4O6. The summed E-state index contributed by atoms with van der Waals surface area (Å²) in [5.74, 6) is -0.0312. The molecule has 0 aliphatic rings. The van der Waals surface area contributed by atoms with Crippen molar-refractivity contribution in [2.75, 3.05) is 26.7 Å². The van der Waals surface area contributed by atoms with Gasteiger partial charge in [0.05, 0.1) is 51.0 Å². The van der Waals surface area contributed by atoms with E-state index >= 15 is 0 Å². The molecule has 238 valence electrons. The number of aliphatic hydroxyl groups is 1. The van der Waals surface area contributed by atoms with Gasteiger partial charge in [0.1, 0.15) is 5.75 Å². The van der Waals surface area contributed by atoms with E-state index in [1.165, 1.54) is 0 Å². The van der Waals surface area contributed by atoms with Gasteiger partial charge in [0, 0.05) is 26.2 Å². The summed E-state index contributed by atoms with van der Waals surface area (Å²) in [4.78, 5) is 39.9. The van der Waals surface area contributed by atoms with Crippen LogP contribution in [0.5, 0.6) is 5.75 Å². The number of ether oxygens (including phenoxy) is 1. The molecule has 44 heavy (non-hydrogen) atoms. The number of rotatable bonds is 19. The first-order valence-electron chi connectivity index (χ1n) is 15.2. The van der Waals surface area contributed by atoms with E-state index in [0.29, 0.717) is 37.2 Å². The molecule has 0 saturated heterocycles. The third kappa shape index (κ3) is 11.5. The summed E-state index contributed by atoms with van der Waals surface area (Å²) in [6, 6.07) is 14.3. The first-order valence-corrected chi connectivity index (χ1v) is 15.2. The van der Waals surface area contributed by atoms with Crippen molar-refractivity contribution in [3.63, 3.8) is 0 Å². The molecule has 10 nitrogen and oxygen atoms in total. The topological polar surface area (TPSA) is 147 Å². The average molecular weight is 607 g/mol. The summed E-state index contributed by atoms with van der Waals surface area (Å²) in [6.07, 6.45) is 4.53. The lowest BCUT2D eigenvalue weighted by Crippen LogP contribution is -2.49. The number of carbonyl (C=O) groups excluding carboxylic acids is 3. The molecule has 1 aromatic heterocycles. The third-order valence-corrected chi connectivity index (χ3v) is 7.21. The summed E-state index contributed by atoms with van der Waals surface area (Å²) in [7, 11) is 1.61. The molecule has 0 aliphatic heterocycles. The van der Waals surface area contributed by atoms with Crippen LogP contribution in [0.4, 0.5) is 0 Å². The maximum atomic E-state index is 13.3. The van der Waals surface area contributed by atoms with Crippen molar-refractivity contribution in [1.29, 1.82) is 0 Å². The SMILES string of the molecule is CCCN(CCC)C(=O)Cc1cc(CC(N)=O)cc(CC(=O)N[C@@H](Cc2ccoc2)[C@H](O)CNCc2cccc(OC)c2)c1. The summed E-state index contributed by atoms with van der Waals surface area (Å²) < 4.78 is 10.5. The van der Waals surface area contributed by atoms with Crippen molar-refractivity contribution in [3.8, 4) is 5.75 Å². The predicted octanol–water partition coefficient (Wildman–Crippen LogP) is 2.93. The number of nitrogens with two attached hydrogens (primary N) is 1. The van der Waals surface area contributed by atoms with Crippen molar-refractivity contribution in [1.82, 2.24) is 15.5 Å². The number of furan rings is 1. The van der Waals surface area contributed by atoms with Gasteiger partial charge in [-0.2, -0.15) is 0 Å². The fourth-order valence-corrected chi connectivity index (χ4v) is 5.21. The fourth-order valence-electron chi connectivity index (χ4n) is 5.21. The number of carbonyl (C=O) groups is 3. The second-order valence-electron chi connectivity index (χ2n) is 11.1. The normalized spacial score (nSPS) is 12.4. The monoisotopic (exact) mass is 606 g/mol. The van der Waals surface area contributed by atoms with Gasteiger partial charge in [-0.25, -0.2) is 0 Å². The zero-order chi connectivity index (χ0) is 31.9. The van der Waals surface area contributed by atoms with Gasteiger partial charge in [-0.15, -0.1) is 0 Å². The Morgan fingerprint density at radius 3 is 2.23 bits per heavy atom. The highest BCUT2D eigenvalue weighted by molar-refractivity contribution is 5.81. The molecule has 1 heterocycles. The summed E-state index contributed by atoms with van der Waals surface area (Å²) in [6.45, 7) is 6.19. The first-order chi connectivity index (χ1) is 21.2. The van der Waals surface area contributed by atoms with Crippen LogP contribution in [0.1, 0.15) is 54.5 Å². The van der Waals surface area contributed by atoms with Crippen molar-refractivity contribution in [2.24, 2.45) is 5.73 Å². The Morgan fingerprint density at radius 2 is 1.61 bits per heavy atom. The smallest absolute Gasteiger partial charge is 0.226 e. The molecule has 3 aromatic rings. The number of hydrogen-bond acceptors (Lipinski definition) is 7. The van der Waals surface area contributed by atoms with E-state index in [0.717, 1.165) is 35.3 Å². The first kappa shape index (κ1) is 34.3. The van der Waals surface area contributed by atoms with Crippen LogP contribution in [0.15, 0.2) is 65.5 Å². The maximum absolute atomic E-state index is 13.3. The molecule has 0 radical (unpaired) electrons. The van der Waals surface area contributed by atoms with E-state index in [1.54, 1.807) is 37.8 Å². The van der Waals surface area contributed by atoms with Gasteiger partial charge in [-0.3, -0.25) is 14.4 Å². The summed E-state index contributed by atoms with van der Waals surface area (Å²) in [5, 5.41) is 17.3. The summed E-state index contributed by atoms with van der Waals surface area (Å²) in [5.41, 5.74) is 9.36. The predicted molar refractivity (Wildman–Crippen MR) is 169 cm³/mol. The Kier molecular flexibility index (Phi) is 13.9. The number of nitrogens with one attached hydrogen (secondary N) is 2. The number of benzene rings is 2. The molecule has 3 rings (SSSR count). The van der Waals surface area contributed by atoms with E-state index < -0.39 is 18.1 Å². The van der Waals surface area contributed by atoms with Crippen molar-refractivity contribution >= 4 is 17.7 Å². The minimum atomic E-state index is -0.892. The largest absolute Gasteiger partial charge is 0.497 e. The highest BCUT2D eigenvalue weighted by Crippen LogP contribution is 2.16. The van der Waals surface area contributed by atoms with Crippen LogP contribution in [0, 0.1) is 0 Å².